The van der Waals surface area contributed by atoms with Crippen LogP contribution in [0.4, 0.5) is 25.5 Å². The topological polar surface area (TPSA) is 139 Å². The molecule has 182 valence electrons. The Morgan fingerprint density at radius 3 is 2.66 bits per heavy atom. The Morgan fingerprint density at radius 1 is 1.14 bits per heavy atom. The second-order valence-electron chi connectivity index (χ2n) is 9.76. The van der Waals surface area contributed by atoms with Crippen LogP contribution in [0.2, 0.25) is 0 Å². The number of ether oxygens (including phenoxy) is 2. The smallest absolute Gasteiger partial charge is 0.416 e. The number of nitrogens with zero attached hydrogens (tertiary/aromatic N) is 4. The molecular formula is C22H21FN6O6. The van der Waals surface area contributed by atoms with Gasteiger partial charge in [0.25, 0.3) is 0 Å². The molecule has 2 aromatic rings. The van der Waals surface area contributed by atoms with Crippen molar-refractivity contribution in [2.75, 3.05) is 22.9 Å². The summed E-state index contributed by atoms with van der Waals surface area (Å²) in [6, 6.07) is 1.04. The predicted molar refractivity (Wildman–Crippen MR) is 118 cm³/mol. The minimum absolute atomic E-state index is 0.0597. The van der Waals surface area contributed by atoms with Crippen molar-refractivity contribution in [1.82, 2.24) is 15.8 Å². The third-order valence-corrected chi connectivity index (χ3v) is 7.70. The lowest BCUT2D eigenvalue weighted by Gasteiger charge is -2.67. The first-order valence-electron chi connectivity index (χ1n) is 11.4. The summed E-state index contributed by atoms with van der Waals surface area (Å²) >= 11 is 0. The van der Waals surface area contributed by atoms with Gasteiger partial charge in [-0.3, -0.25) is 20.3 Å². The molecule has 3 fully saturated rings. The summed E-state index contributed by atoms with van der Waals surface area (Å²) in [5.41, 5.74) is -1.88. The van der Waals surface area contributed by atoms with Gasteiger partial charge in [-0.05, 0) is 32.4 Å². The minimum atomic E-state index is -1.29. The molecule has 1 aromatic carbocycles. The molecule has 5 unspecified atom stereocenters. The van der Waals surface area contributed by atoms with Crippen molar-refractivity contribution in [2.45, 2.75) is 51.2 Å². The fourth-order valence-electron chi connectivity index (χ4n) is 6.38. The highest BCUT2D eigenvalue weighted by molar-refractivity contribution is 6.26. The van der Waals surface area contributed by atoms with Crippen molar-refractivity contribution in [3.63, 3.8) is 0 Å². The molecule has 5 aliphatic rings. The number of carbonyl (C=O) groups excluding carboxylic acids is 3. The monoisotopic (exact) mass is 484 g/mol. The lowest BCUT2D eigenvalue weighted by molar-refractivity contribution is -0.147. The number of amidine groups is 1. The van der Waals surface area contributed by atoms with Crippen LogP contribution in [0, 0.1) is 11.2 Å². The Hall–Kier alpha value is -3.74. The number of anilines is 2. The summed E-state index contributed by atoms with van der Waals surface area (Å²) in [4.78, 5) is 45.5. The van der Waals surface area contributed by atoms with Crippen LogP contribution < -0.4 is 20.4 Å². The van der Waals surface area contributed by atoms with E-state index in [9.17, 15) is 14.4 Å². The molecule has 2 spiro atoms. The van der Waals surface area contributed by atoms with E-state index in [0.29, 0.717) is 10.9 Å². The van der Waals surface area contributed by atoms with Crippen LogP contribution in [-0.4, -0.2) is 66.1 Å². The van der Waals surface area contributed by atoms with Gasteiger partial charge in [0.05, 0.1) is 23.7 Å². The lowest BCUT2D eigenvalue weighted by atomic mass is 9.58. The lowest BCUT2D eigenvalue weighted by Crippen LogP contribution is -2.86. The van der Waals surface area contributed by atoms with E-state index >= 15 is 4.39 Å². The van der Waals surface area contributed by atoms with Crippen LogP contribution in [0.15, 0.2) is 15.6 Å². The number of cyclic esters (lactones) is 1. The number of benzene rings is 1. The van der Waals surface area contributed by atoms with Crippen molar-refractivity contribution in [3.8, 4) is 0 Å². The molecule has 12 nitrogen and oxygen atoms in total. The van der Waals surface area contributed by atoms with Crippen molar-refractivity contribution < 1.29 is 32.8 Å². The van der Waals surface area contributed by atoms with Crippen LogP contribution >= 0.6 is 0 Å². The second kappa shape index (κ2) is 6.27. The molecule has 3 saturated heterocycles. The predicted octanol–water partition coefficient (Wildman–Crippen LogP) is 1.42. The first kappa shape index (κ1) is 20.6. The zero-order valence-corrected chi connectivity index (χ0v) is 19.0. The average molecular weight is 484 g/mol. The summed E-state index contributed by atoms with van der Waals surface area (Å²) in [5.74, 6) is -0.793. The average Bonchev–Trinajstić information content (AvgIpc) is 3.33. The van der Waals surface area contributed by atoms with E-state index in [-0.39, 0.29) is 54.6 Å². The van der Waals surface area contributed by atoms with Gasteiger partial charge in [-0.1, -0.05) is 5.16 Å². The number of rotatable bonds is 1. The first-order valence-corrected chi connectivity index (χ1v) is 11.4. The summed E-state index contributed by atoms with van der Waals surface area (Å²) in [6.07, 6.45) is -1.74. The molecule has 4 amide bonds. The van der Waals surface area contributed by atoms with Crippen LogP contribution in [-0.2, 0) is 20.7 Å². The summed E-state index contributed by atoms with van der Waals surface area (Å²) < 4.78 is 32.8. The number of halogens is 1. The molecule has 0 aliphatic carbocycles. The maximum atomic E-state index is 16.2. The van der Waals surface area contributed by atoms with Crippen molar-refractivity contribution in [3.05, 3.63) is 17.4 Å². The Kier molecular flexibility index (Phi) is 3.70. The number of amides is 4. The third-order valence-electron chi connectivity index (χ3n) is 7.70. The van der Waals surface area contributed by atoms with Gasteiger partial charge in [-0.2, -0.15) is 0 Å². The van der Waals surface area contributed by atoms with Gasteiger partial charge in [0.1, 0.15) is 18.0 Å². The van der Waals surface area contributed by atoms with Crippen molar-refractivity contribution in [1.29, 1.82) is 0 Å². The van der Waals surface area contributed by atoms with E-state index < -0.39 is 41.0 Å². The first-order chi connectivity index (χ1) is 16.7. The second-order valence-corrected chi connectivity index (χ2v) is 9.76. The van der Waals surface area contributed by atoms with E-state index in [1.807, 2.05) is 6.92 Å². The van der Waals surface area contributed by atoms with Crippen LogP contribution in [0.1, 0.15) is 26.3 Å². The zero-order valence-electron chi connectivity index (χ0n) is 19.0. The minimum Gasteiger partial charge on any atom is -0.444 e. The zero-order chi connectivity index (χ0) is 24.4. The molecule has 5 aliphatic heterocycles. The van der Waals surface area contributed by atoms with Crippen molar-refractivity contribution >= 4 is 46.3 Å². The highest BCUT2D eigenvalue weighted by Crippen LogP contribution is 2.60. The van der Waals surface area contributed by atoms with Gasteiger partial charge in [-0.15, -0.1) is 0 Å². The number of hydrogen-bond acceptors (Lipinski definition) is 9. The fourth-order valence-corrected chi connectivity index (χ4v) is 6.38. The van der Waals surface area contributed by atoms with E-state index in [4.69, 9.17) is 14.0 Å². The molecule has 0 radical (unpaired) electrons. The van der Waals surface area contributed by atoms with Crippen LogP contribution in [0.5, 0.6) is 0 Å². The molecule has 35 heavy (non-hydrogen) atoms. The Labute approximate surface area is 197 Å². The number of aliphatic imine (C=N–C) groups is 1. The number of morpholine rings is 1. The van der Waals surface area contributed by atoms with Gasteiger partial charge in [0, 0.05) is 13.0 Å². The van der Waals surface area contributed by atoms with Crippen molar-refractivity contribution in [2.24, 2.45) is 10.4 Å². The normalized spacial score (nSPS) is 35.3. The highest BCUT2D eigenvalue weighted by atomic mass is 19.1. The summed E-state index contributed by atoms with van der Waals surface area (Å²) in [6.45, 7) is 5.91. The van der Waals surface area contributed by atoms with E-state index in [1.54, 1.807) is 24.8 Å². The molecule has 1 aromatic heterocycles. The van der Waals surface area contributed by atoms with Gasteiger partial charge < -0.3 is 18.9 Å². The maximum absolute atomic E-state index is 16.2. The standard InChI is InChI=1S/C22H21FN6O6/c1-8-6-28(20(32)34-8)16-12-4-11-5-21-17(24-19(31)25-18(21)30)26-22(21)10(3)33-9(2)7-29(22)14(11)13(23)15(12)35-27-16/h4,8-10H,5-7H2,1-3H3,(H2,24,25,26,30,31). The number of imide groups is 1. The number of urea groups is 1. The number of hydrogen-bond donors (Lipinski definition) is 2. The highest BCUT2D eigenvalue weighted by Gasteiger charge is 2.77. The Bertz CT molecular complexity index is 1410. The molecule has 6 heterocycles. The Morgan fingerprint density at radius 2 is 1.94 bits per heavy atom. The number of carbonyl (C=O) groups is 3. The van der Waals surface area contributed by atoms with E-state index in [2.05, 4.69) is 20.8 Å². The molecule has 13 heteroatoms. The number of fused-ring (bicyclic) bond motifs is 3. The molecule has 7 rings (SSSR count). The quantitative estimate of drug-likeness (QED) is 0.620. The molecule has 0 saturated carbocycles. The Balaban J connectivity index is 1.46. The van der Waals surface area contributed by atoms with Crippen LogP contribution in [0.25, 0.3) is 11.0 Å². The van der Waals surface area contributed by atoms with Gasteiger partial charge in [0.2, 0.25) is 11.5 Å². The van der Waals surface area contributed by atoms with Gasteiger partial charge in [-0.25, -0.2) is 19.0 Å². The van der Waals surface area contributed by atoms with E-state index in [1.165, 1.54) is 4.90 Å². The largest absolute Gasteiger partial charge is 0.444 e. The van der Waals surface area contributed by atoms with E-state index in [0.717, 1.165) is 0 Å². The fraction of sp³-hybridized carbons (Fsp3) is 0.500. The summed E-state index contributed by atoms with van der Waals surface area (Å²) in [5, 5.41) is 9.28. The SMILES string of the molecule is CC1CN(c2noc3c(F)c4c(cc23)CC23C(=O)NC(=O)NC2=NC32C(C)OC(C)CN42)C(=O)O1. The third kappa shape index (κ3) is 2.22. The van der Waals surface area contributed by atoms with Crippen LogP contribution in [0.3, 0.4) is 0 Å². The van der Waals surface area contributed by atoms with Gasteiger partial charge >= 0.3 is 12.1 Å². The van der Waals surface area contributed by atoms with Gasteiger partial charge in [0.15, 0.2) is 22.7 Å². The molecular weight excluding hydrogens is 463 g/mol. The molecule has 2 N–H and O–H groups in total. The molecule has 0 bridgehead atoms. The number of aromatic nitrogens is 1. The summed E-state index contributed by atoms with van der Waals surface area (Å²) in [7, 11) is 0. The number of nitrogens with one attached hydrogen (secondary N) is 2. The maximum Gasteiger partial charge on any atom is 0.416 e. The molecule has 5 atom stereocenters.